The summed E-state index contributed by atoms with van der Waals surface area (Å²) >= 11 is 11.9. The Morgan fingerprint density at radius 2 is 2.15 bits per heavy atom. The summed E-state index contributed by atoms with van der Waals surface area (Å²) in [5, 5.41) is 3.38. The Bertz CT molecular complexity index is 584. The van der Waals surface area contributed by atoms with Gasteiger partial charge in [-0.1, -0.05) is 29.3 Å². The maximum atomic E-state index is 11.9. The fourth-order valence-electron chi connectivity index (χ4n) is 1.55. The van der Waals surface area contributed by atoms with Crippen LogP contribution in [0.25, 0.3) is 0 Å². The second-order valence-corrected chi connectivity index (χ2v) is 4.89. The highest BCUT2D eigenvalue weighted by Gasteiger charge is 2.16. The van der Waals surface area contributed by atoms with Crippen LogP contribution in [-0.2, 0) is 11.3 Å². The minimum atomic E-state index is -0.694. The summed E-state index contributed by atoms with van der Waals surface area (Å²) < 4.78 is 10.6. The van der Waals surface area contributed by atoms with Crippen LogP contribution < -0.4 is 10.1 Å². The standard InChI is InChI=1S/C14H13Cl2NO3/c1-9(14(18)17-8-10-4-3-7-19-10)20-12-6-2-5-11(15)13(12)16/h2-7,9H,8H2,1H3,(H,17,18). The average Bonchev–Trinajstić information content (AvgIpc) is 2.94. The Morgan fingerprint density at radius 3 is 2.85 bits per heavy atom. The van der Waals surface area contributed by atoms with Crippen LogP contribution in [-0.4, -0.2) is 12.0 Å². The lowest BCUT2D eigenvalue weighted by Gasteiger charge is -2.15. The summed E-state index contributed by atoms with van der Waals surface area (Å²) in [5.41, 5.74) is 0. The topological polar surface area (TPSA) is 51.5 Å². The van der Waals surface area contributed by atoms with Gasteiger partial charge in [0.1, 0.15) is 16.5 Å². The van der Waals surface area contributed by atoms with E-state index in [2.05, 4.69) is 5.32 Å². The lowest BCUT2D eigenvalue weighted by atomic mass is 10.3. The third kappa shape index (κ3) is 3.68. The zero-order chi connectivity index (χ0) is 14.5. The summed E-state index contributed by atoms with van der Waals surface area (Å²) in [4.78, 5) is 11.9. The SMILES string of the molecule is CC(Oc1cccc(Cl)c1Cl)C(=O)NCc1ccco1. The number of furan rings is 1. The average molecular weight is 314 g/mol. The minimum Gasteiger partial charge on any atom is -0.479 e. The molecule has 1 unspecified atom stereocenters. The van der Waals surface area contributed by atoms with Gasteiger partial charge in [-0.3, -0.25) is 4.79 Å². The minimum absolute atomic E-state index is 0.266. The zero-order valence-electron chi connectivity index (χ0n) is 10.7. The summed E-state index contributed by atoms with van der Waals surface area (Å²) in [6.07, 6.45) is 0.855. The number of hydrogen-bond acceptors (Lipinski definition) is 3. The fourth-order valence-corrected chi connectivity index (χ4v) is 1.89. The summed E-state index contributed by atoms with van der Waals surface area (Å²) in [6.45, 7) is 1.94. The van der Waals surface area contributed by atoms with E-state index in [4.69, 9.17) is 32.4 Å². The molecule has 0 saturated heterocycles. The van der Waals surface area contributed by atoms with Crippen molar-refractivity contribution >= 4 is 29.1 Å². The van der Waals surface area contributed by atoms with Gasteiger partial charge >= 0.3 is 0 Å². The second kappa shape index (κ2) is 6.68. The van der Waals surface area contributed by atoms with Gasteiger partial charge < -0.3 is 14.5 Å². The molecule has 0 spiro atoms. The molecule has 1 aromatic heterocycles. The van der Waals surface area contributed by atoms with E-state index in [1.807, 2.05) is 0 Å². The van der Waals surface area contributed by atoms with Gasteiger partial charge in [0, 0.05) is 0 Å². The van der Waals surface area contributed by atoms with E-state index in [-0.39, 0.29) is 5.91 Å². The van der Waals surface area contributed by atoms with Crippen LogP contribution >= 0.6 is 23.2 Å². The Morgan fingerprint density at radius 1 is 1.35 bits per heavy atom. The monoisotopic (exact) mass is 313 g/mol. The molecule has 0 fully saturated rings. The van der Waals surface area contributed by atoms with Crippen molar-refractivity contribution in [3.05, 3.63) is 52.4 Å². The zero-order valence-corrected chi connectivity index (χ0v) is 12.2. The molecule has 2 aromatic rings. The molecule has 0 aliphatic rings. The third-order valence-corrected chi connectivity index (χ3v) is 3.41. The van der Waals surface area contributed by atoms with Crippen LogP contribution in [0, 0.1) is 0 Å². The number of ether oxygens (including phenoxy) is 1. The van der Waals surface area contributed by atoms with Gasteiger partial charge in [-0.2, -0.15) is 0 Å². The molecule has 106 valence electrons. The van der Waals surface area contributed by atoms with Gasteiger partial charge in [0.25, 0.3) is 5.91 Å². The number of carbonyl (C=O) groups excluding carboxylic acids is 1. The van der Waals surface area contributed by atoms with Gasteiger partial charge in [-0.05, 0) is 31.2 Å². The molecule has 0 aliphatic carbocycles. The molecule has 0 bridgehead atoms. The molecular formula is C14H13Cl2NO3. The first-order valence-electron chi connectivity index (χ1n) is 5.98. The van der Waals surface area contributed by atoms with Crippen LogP contribution in [0.2, 0.25) is 10.0 Å². The van der Waals surface area contributed by atoms with E-state index in [0.29, 0.717) is 28.1 Å². The molecule has 2 rings (SSSR count). The van der Waals surface area contributed by atoms with E-state index in [1.54, 1.807) is 43.5 Å². The Kier molecular flexibility index (Phi) is 4.93. The number of nitrogens with one attached hydrogen (secondary N) is 1. The number of rotatable bonds is 5. The van der Waals surface area contributed by atoms with Crippen LogP contribution in [0.5, 0.6) is 5.75 Å². The summed E-state index contributed by atoms with van der Waals surface area (Å²) in [7, 11) is 0. The second-order valence-electron chi connectivity index (χ2n) is 4.11. The molecule has 4 nitrogen and oxygen atoms in total. The predicted octanol–water partition coefficient (Wildman–Crippen LogP) is 3.67. The van der Waals surface area contributed by atoms with Crippen molar-refractivity contribution in [3.63, 3.8) is 0 Å². The highest BCUT2D eigenvalue weighted by molar-refractivity contribution is 6.42. The van der Waals surface area contributed by atoms with Gasteiger partial charge in [0.15, 0.2) is 6.10 Å². The van der Waals surface area contributed by atoms with Gasteiger partial charge in [-0.25, -0.2) is 0 Å². The predicted molar refractivity (Wildman–Crippen MR) is 77.1 cm³/mol. The number of amides is 1. The molecule has 1 atom stereocenters. The van der Waals surface area contributed by atoms with E-state index < -0.39 is 6.10 Å². The molecular weight excluding hydrogens is 301 g/mol. The molecule has 0 radical (unpaired) electrons. The lowest BCUT2D eigenvalue weighted by Crippen LogP contribution is -2.35. The summed E-state index contributed by atoms with van der Waals surface area (Å²) in [6, 6.07) is 8.55. The molecule has 20 heavy (non-hydrogen) atoms. The largest absolute Gasteiger partial charge is 0.479 e. The van der Waals surface area contributed by atoms with Gasteiger partial charge in [0.2, 0.25) is 0 Å². The first kappa shape index (κ1) is 14.8. The van der Waals surface area contributed by atoms with E-state index in [0.717, 1.165) is 0 Å². The Hall–Kier alpha value is -1.65. The Balaban J connectivity index is 1.92. The molecule has 6 heteroatoms. The normalized spacial score (nSPS) is 11.9. The van der Waals surface area contributed by atoms with Crippen molar-refractivity contribution in [1.29, 1.82) is 0 Å². The van der Waals surface area contributed by atoms with Crippen molar-refractivity contribution in [3.8, 4) is 5.75 Å². The smallest absolute Gasteiger partial charge is 0.261 e. The van der Waals surface area contributed by atoms with Crippen molar-refractivity contribution < 1.29 is 13.9 Å². The quantitative estimate of drug-likeness (QED) is 0.916. The molecule has 1 heterocycles. The van der Waals surface area contributed by atoms with Crippen molar-refractivity contribution in [2.45, 2.75) is 19.6 Å². The van der Waals surface area contributed by atoms with Crippen LogP contribution in [0.1, 0.15) is 12.7 Å². The molecule has 0 aliphatic heterocycles. The molecule has 1 amide bonds. The maximum Gasteiger partial charge on any atom is 0.261 e. The van der Waals surface area contributed by atoms with Crippen LogP contribution in [0.15, 0.2) is 41.0 Å². The van der Waals surface area contributed by atoms with E-state index in [1.165, 1.54) is 0 Å². The first-order chi connectivity index (χ1) is 9.58. The number of benzene rings is 1. The van der Waals surface area contributed by atoms with Crippen LogP contribution in [0.4, 0.5) is 0 Å². The van der Waals surface area contributed by atoms with Gasteiger partial charge in [-0.15, -0.1) is 0 Å². The molecule has 0 saturated carbocycles. The number of hydrogen-bond donors (Lipinski definition) is 1. The van der Waals surface area contributed by atoms with Crippen molar-refractivity contribution in [2.75, 3.05) is 0 Å². The summed E-state index contributed by atoms with van der Waals surface area (Å²) in [5.74, 6) is 0.781. The number of carbonyl (C=O) groups is 1. The first-order valence-corrected chi connectivity index (χ1v) is 6.74. The van der Waals surface area contributed by atoms with E-state index >= 15 is 0 Å². The van der Waals surface area contributed by atoms with Crippen molar-refractivity contribution in [2.24, 2.45) is 0 Å². The van der Waals surface area contributed by atoms with Crippen molar-refractivity contribution in [1.82, 2.24) is 5.32 Å². The van der Waals surface area contributed by atoms with Gasteiger partial charge in [0.05, 0.1) is 17.8 Å². The highest BCUT2D eigenvalue weighted by atomic mass is 35.5. The fraction of sp³-hybridized carbons (Fsp3) is 0.214. The maximum absolute atomic E-state index is 11.9. The van der Waals surface area contributed by atoms with E-state index in [9.17, 15) is 4.79 Å². The molecule has 1 N–H and O–H groups in total. The Labute approximate surface area is 126 Å². The lowest BCUT2D eigenvalue weighted by molar-refractivity contribution is -0.127. The number of halogens is 2. The third-order valence-electron chi connectivity index (χ3n) is 2.61. The highest BCUT2D eigenvalue weighted by Crippen LogP contribution is 2.32. The molecule has 1 aromatic carbocycles. The van der Waals surface area contributed by atoms with Crippen LogP contribution in [0.3, 0.4) is 0 Å².